The number of esters is 2. The zero-order valence-electron chi connectivity index (χ0n) is 37.2. The van der Waals surface area contributed by atoms with Crippen LogP contribution in [0.3, 0.4) is 0 Å². The molecule has 0 amide bonds. The normalized spacial score (nSPS) is 19.7. The molecule has 18 heteroatoms. The summed E-state index contributed by atoms with van der Waals surface area (Å²) >= 11 is 0. The molecular formula is C44H78O16P2. The summed E-state index contributed by atoms with van der Waals surface area (Å²) in [5.41, 5.74) is 0. The molecule has 0 radical (unpaired) electrons. The minimum atomic E-state index is -4.90. The molecular weight excluding hydrogens is 846 g/mol. The molecule has 1 aliphatic carbocycles. The first-order valence-electron chi connectivity index (χ1n) is 22.8. The van der Waals surface area contributed by atoms with Gasteiger partial charge in [0.1, 0.15) is 18.5 Å². The van der Waals surface area contributed by atoms with Crippen molar-refractivity contribution in [1.82, 2.24) is 0 Å². The molecule has 7 atom stereocenters. The van der Waals surface area contributed by atoms with Gasteiger partial charge in [-0.2, -0.15) is 0 Å². The molecule has 1 fully saturated rings. The number of carbonyl (C=O) groups excluding carboxylic acids is 3. The molecule has 16 nitrogen and oxygen atoms in total. The molecule has 0 aromatic heterocycles. The predicted octanol–water partition coefficient (Wildman–Crippen LogP) is 8.26. The van der Waals surface area contributed by atoms with Crippen molar-refractivity contribution in [2.75, 3.05) is 26.4 Å². The van der Waals surface area contributed by atoms with E-state index in [1.54, 1.807) is 12.2 Å². The molecule has 1 rings (SSSR count). The molecule has 0 saturated heterocycles. The van der Waals surface area contributed by atoms with Crippen molar-refractivity contribution >= 4 is 33.4 Å². The molecule has 1 aliphatic rings. The lowest BCUT2D eigenvalue weighted by Crippen LogP contribution is -2.29. The van der Waals surface area contributed by atoms with Crippen LogP contribution in [0.25, 0.3) is 0 Å². The Kier molecular flexibility index (Phi) is 32.9. The van der Waals surface area contributed by atoms with Crippen LogP contribution in [0.5, 0.6) is 0 Å². The summed E-state index contributed by atoms with van der Waals surface area (Å²) in [5, 5.41) is 30.5. The van der Waals surface area contributed by atoms with Crippen LogP contribution in [-0.2, 0) is 46.6 Å². The number of hydrogen-bond acceptors (Lipinski definition) is 13. The molecule has 0 spiro atoms. The highest BCUT2D eigenvalue weighted by Crippen LogP contribution is 2.44. The Bertz CT molecular complexity index is 1400. The van der Waals surface area contributed by atoms with Gasteiger partial charge in [0.25, 0.3) is 0 Å². The first-order valence-corrected chi connectivity index (χ1v) is 25.8. The number of phosphoric ester groups is 2. The molecule has 0 aliphatic heterocycles. The second kappa shape index (κ2) is 35.2. The number of ketones is 1. The van der Waals surface area contributed by atoms with Gasteiger partial charge in [-0.05, 0) is 57.8 Å². The lowest BCUT2D eigenvalue weighted by molar-refractivity contribution is -0.161. The number of Topliss-reactive ketones (excluding diaryl/α,β-unsaturated/α-hetero) is 1. The minimum Gasteiger partial charge on any atom is -0.462 e. The van der Waals surface area contributed by atoms with E-state index in [4.69, 9.17) is 23.8 Å². The van der Waals surface area contributed by atoms with E-state index in [1.165, 1.54) is 38.5 Å². The lowest BCUT2D eigenvalue weighted by Gasteiger charge is -2.20. The van der Waals surface area contributed by atoms with E-state index in [-0.39, 0.29) is 31.0 Å². The Hall–Kier alpha value is -2.07. The Morgan fingerprint density at radius 1 is 0.694 bits per heavy atom. The molecule has 0 aromatic carbocycles. The average molecular weight is 925 g/mol. The number of carbonyl (C=O) groups is 3. The number of unbranched alkanes of at least 4 members (excludes halogenated alkanes) is 14. The predicted molar refractivity (Wildman–Crippen MR) is 236 cm³/mol. The Morgan fingerprint density at radius 2 is 1.24 bits per heavy atom. The fraction of sp³-hybridized carbons (Fsp3) is 0.795. The summed E-state index contributed by atoms with van der Waals surface area (Å²) in [5.74, 6) is -2.13. The standard InChI is InChI=1S/C44H78O16P2/c1-3-5-7-8-9-10-11-12-13-14-15-16-17-18-23-27-43(49)56-34-38(35-59-62(54,55)58-33-37(46)32-57-61(51,52)53)60-44(50)28-24-20-19-22-26-39-40(42(48)31-41(39)47)30-29-36(45)25-21-6-4-2/h12-13,19,22,29-30,36-41,45-47H,3-11,14-18,20-21,23-28,31-35H2,1-2H3,(H,54,55)(H2,51,52,53)/b13-12-,22-19-,30-29+/t36-,37-,38+,39+,40+,41-/m0/s1. The summed E-state index contributed by atoms with van der Waals surface area (Å²) in [6.45, 7) is 1.34. The van der Waals surface area contributed by atoms with Gasteiger partial charge in [0.2, 0.25) is 0 Å². The third-order valence-electron chi connectivity index (χ3n) is 10.4. The van der Waals surface area contributed by atoms with Gasteiger partial charge in [-0.1, -0.05) is 121 Å². The highest BCUT2D eigenvalue weighted by atomic mass is 31.2. The maximum Gasteiger partial charge on any atom is 0.472 e. The largest absolute Gasteiger partial charge is 0.472 e. The van der Waals surface area contributed by atoms with Crippen molar-refractivity contribution < 1.29 is 76.6 Å². The van der Waals surface area contributed by atoms with E-state index in [2.05, 4.69) is 35.0 Å². The summed E-state index contributed by atoms with van der Waals surface area (Å²) in [6.07, 6.45) is 26.5. The average Bonchev–Trinajstić information content (AvgIpc) is 3.49. The van der Waals surface area contributed by atoms with Crippen molar-refractivity contribution in [2.24, 2.45) is 11.8 Å². The Balaban J connectivity index is 2.58. The van der Waals surface area contributed by atoms with Gasteiger partial charge in [0.05, 0.1) is 32.0 Å². The van der Waals surface area contributed by atoms with Crippen LogP contribution in [0, 0.1) is 11.8 Å². The van der Waals surface area contributed by atoms with Crippen molar-refractivity contribution in [3.05, 3.63) is 36.5 Å². The molecule has 360 valence electrons. The number of aliphatic hydroxyl groups is 3. The third kappa shape index (κ3) is 31.7. The van der Waals surface area contributed by atoms with Crippen LogP contribution in [-0.4, -0.2) is 98.6 Å². The minimum absolute atomic E-state index is 0.0529. The van der Waals surface area contributed by atoms with Crippen LogP contribution in [0.2, 0.25) is 0 Å². The number of ether oxygens (including phenoxy) is 2. The third-order valence-corrected chi connectivity index (χ3v) is 11.8. The number of allylic oxidation sites excluding steroid dienone is 5. The van der Waals surface area contributed by atoms with Gasteiger partial charge in [0.15, 0.2) is 6.10 Å². The van der Waals surface area contributed by atoms with Gasteiger partial charge in [0, 0.05) is 31.1 Å². The second-order valence-corrected chi connectivity index (χ2v) is 18.8. The van der Waals surface area contributed by atoms with E-state index in [9.17, 15) is 43.7 Å². The van der Waals surface area contributed by atoms with Crippen LogP contribution in [0.1, 0.15) is 162 Å². The lowest BCUT2D eigenvalue weighted by atomic mass is 9.90. The fourth-order valence-corrected chi connectivity index (χ4v) is 7.95. The molecule has 1 saturated carbocycles. The van der Waals surface area contributed by atoms with Crippen molar-refractivity contribution in [3.8, 4) is 0 Å². The van der Waals surface area contributed by atoms with Crippen LogP contribution < -0.4 is 0 Å². The molecule has 0 bridgehead atoms. The smallest absolute Gasteiger partial charge is 0.462 e. The molecule has 1 unspecified atom stereocenters. The van der Waals surface area contributed by atoms with Crippen molar-refractivity contribution in [1.29, 1.82) is 0 Å². The van der Waals surface area contributed by atoms with E-state index in [0.29, 0.717) is 32.1 Å². The summed E-state index contributed by atoms with van der Waals surface area (Å²) in [7, 11) is -9.78. The summed E-state index contributed by atoms with van der Waals surface area (Å²) in [4.78, 5) is 65.5. The van der Waals surface area contributed by atoms with Crippen molar-refractivity contribution in [2.45, 2.75) is 186 Å². The molecule has 6 N–H and O–H groups in total. The van der Waals surface area contributed by atoms with E-state index in [1.807, 2.05) is 12.2 Å². The second-order valence-electron chi connectivity index (χ2n) is 16.1. The van der Waals surface area contributed by atoms with Crippen molar-refractivity contribution in [3.63, 3.8) is 0 Å². The number of aliphatic hydroxyl groups excluding tert-OH is 3. The monoisotopic (exact) mass is 924 g/mol. The number of hydrogen-bond donors (Lipinski definition) is 6. The fourth-order valence-electron chi connectivity index (χ4n) is 6.79. The molecule has 0 heterocycles. The van der Waals surface area contributed by atoms with Crippen LogP contribution in [0.15, 0.2) is 36.5 Å². The SMILES string of the molecule is CCCCCCCC/C=C\CCCCCCCC(=O)OC[C@H](COP(=O)(O)OC[C@@H](O)COP(=O)(O)O)OC(=O)CCC/C=C\C[C@H]1[C@@H](O)CC(=O)[C@@H]1/C=C/[C@@H](O)CCCCC. The topological polar surface area (TPSA) is 253 Å². The highest BCUT2D eigenvalue weighted by Gasteiger charge is 2.39. The Labute approximate surface area is 369 Å². The maximum atomic E-state index is 12.8. The van der Waals surface area contributed by atoms with E-state index in [0.717, 1.165) is 57.8 Å². The number of rotatable bonds is 39. The van der Waals surface area contributed by atoms with Gasteiger partial charge in [-0.25, -0.2) is 9.13 Å². The van der Waals surface area contributed by atoms with Crippen LogP contribution in [0.4, 0.5) is 0 Å². The molecule has 62 heavy (non-hydrogen) atoms. The highest BCUT2D eigenvalue weighted by molar-refractivity contribution is 7.47. The van der Waals surface area contributed by atoms with E-state index >= 15 is 0 Å². The zero-order chi connectivity index (χ0) is 46.1. The molecule has 0 aromatic rings. The van der Waals surface area contributed by atoms with E-state index < -0.39 is 84.3 Å². The van der Waals surface area contributed by atoms with Gasteiger partial charge >= 0.3 is 27.6 Å². The zero-order valence-corrected chi connectivity index (χ0v) is 39.0. The Morgan fingerprint density at radius 3 is 1.90 bits per heavy atom. The summed E-state index contributed by atoms with van der Waals surface area (Å²) in [6, 6.07) is 0. The van der Waals surface area contributed by atoms with Gasteiger partial charge in [-0.15, -0.1) is 0 Å². The van der Waals surface area contributed by atoms with Crippen LogP contribution >= 0.6 is 15.6 Å². The quantitative estimate of drug-likeness (QED) is 0.0147. The maximum absolute atomic E-state index is 12.8. The number of phosphoric acid groups is 2. The first-order chi connectivity index (χ1) is 29.6. The first kappa shape index (κ1) is 57.9. The van der Waals surface area contributed by atoms with Gasteiger partial charge < -0.3 is 39.5 Å². The summed E-state index contributed by atoms with van der Waals surface area (Å²) < 4.78 is 47.8. The van der Waals surface area contributed by atoms with Gasteiger partial charge in [-0.3, -0.25) is 28.0 Å².